The van der Waals surface area contributed by atoms with Crippen LogP contribution in [0.3, 0.4) is 0 Å². The second-order valence-electron chi connectivity index (χ2n) is 8.21. The van der Waals surface area contributed by atoms with Gasteiger partial charge in [-0.1, -0.05) is 12.0 Å². The maximum atomic E-state index is 12.8. The molecule has 0 saturated carbocycles. The van der Waals surface area contributed by atoms with Crippen molar-refractivity contribution >= 4 is 35.8 Å². The molecule has 15 nitrogen and oxygen atoms in total. The van der Waals surface area contributed by atoms with E-state index in [-0.39, 0.29) is 25.4 Å². The van der Waals surface area contributed by atoms with Crippen molar-refractivity contribution in [3.05, 3.63) is 0 Å². The van der Waals surface area contributed by atoms with Crippen LogP contribution in [0.25, 0.3) is 0 Å². The van der Waals surface area contributed by atoms with Crippen LogP contribution >= 0.6 is 12.0 Å². The third kappa shape index (κ3) is 13.9. The van der Waals surface area contributed by atoms with E-state index in [9.17, 15) is 29.4 Å². The van der Waals surface area contributed by atoms with Crippen LogP contribution in [-0.4, -0.2) is 156 Å². The first-order valence-corrected chi connectivity index (χ1v) is 12.5. The van der Waals surface area contributed by atoms with Gasteiger partial charge in [-0.3, -0.25) is 33.9 Å². The number of likely N-dealkylation sites (N-methyl/N-ethyl adjacent to an activating group) is 2. The summed E-state index contributed by atoms with van der Waals surface area (Å²) >= 11 is 0.650. The van der Waals surface area contributed by atoms with Gasteiger partial charge in [0.2, 0.25) is 11.8 Å². The first-order valence-electron chi connectivity index (χ1n) is 11.6. The van der Waals surface area contributed by atoms with E-state index < -0.39 is 29.8 Å². The molecule has 1 fully saturated rings. The molecule has 0 aliphatic carbocycles. The molecule has 36 heavy (non-hydrogen) atoms. The lowest BCUT2D eigenvalue weighted by molar-refractivity contribution is -0.432. The SMILES string of the molecule is CCN1CCN(CC(=O)O)CCN(CC(=O)O)CCN(CC(=O)N[C@H](CSOOO)C(=O)NC)CC1. The number of carbonyl (C=O) groups is 4. The number of hydrogen-bond acceptors (Lipinski definition) is 12. The van der Waals surface area contributed by atoms with Gasteiger partial charge in [0.05, 0.1) is 25.4 Å². The van der Waals surface area contributed by atoms with Crippen molar-refractivity contribution in [1.82, 2.24) is 30.2 Å². The summed E-state index contributed by atoms with van der Waals surface area (Å²) in [5.41, 5.74) is 0. The molecule has 1 heterocycles. The summed E-state index contributed by atoms with van der Waals surface area (Å²) in [6.45, 7) is 6.24. The predicted molar refractivity (Wildman–Crippen MR) is 130 cm³/mol. The summed E-state index contributed by atoms with van der Waals surface area (Å²) in [4.78, 5) is 55.0. The molecule has 16 heteroatoms. The number of hydrogen-bond donors (Lipinski definition) is 5. The van der Waals surface area contributed by atoms with E-state index in [0.717, 1.165) is 6.54 Å². The van der Waals surface area contributed by atoms with Crippen LogP contribution in [0.15, 0.2) is 0 Å². The minimum Gasteiger partial charge on any atom is -0.480 e. The van der Waals surface area contributed by atoms with Crippen LogP contribution in [0.2, 0.25) is 0 Å². The number of aliphatic carboxylic acids is 2. The monoisotopic (exact) mass is 538 g/mol. The molecule has 1 saturated heterocycles. The first-order chi connectivity index (χ1) is 17.2. The summed E-state index contributed by atoms with van der Waals surface area (Å²) in [5, 5.41) is 35.4. The molecular weight excluding hydrogens is 500 g/mol. The van der Waals surface area contributed by atoms with Crippen molar-refractivity contribution in [1.29, 1.82) is 0 Å². The summed E-state index contributed by atoms with van der Waals surface area (Å²) in [6.07, 6.45) is 0. The van der Waals surface area contributed by atoms with Crippen LogP contribution in [0.5, 0.6) is 0 Å². The number of amides is 2. The molecule has 208 valence electrons. The van der Waals surface area contributed by atoms with E-state index >= 15 is 0 Å². The van der Waals surface area contributed by atoms with Gasteiger partial charge in [-0.2, -0.15) is 0 Å². The normalized spacial score (nSPS) is 18.5. The Morgan fingerprint density at radius 2 is 1.28 bits per heavy atom. The minimum atomic E-state index is -0.992. The van der Waals surface area contributed by atoms with Gasteiger partial charge in [0.15, 0.2) is 0 Å². The first kappa shape index (κ1) is 32.0. The molecule has 0 aromatic heterocycles. The molecule has 5 N–H and O–H groups in total. The molecule has 0 aromatic rings. The zero-order chi connectivity index (χ0) is 26.9. The van der Waals surface area contributed by atoms with Crippen molar-refractivity contribution in [2.45, 2.75) is 13.0 Å². The van der Waals surface area contributed by atoms with Crippen LogP contribution in [0.4, 0.5) is 0 Å². The Balaban J connectivity index is 2.88. The molecule has 2 amide bonds. The lowest BCUT2D eigenvalue weighted by Gasteiger charge is -2.33. The highest BCUT2D eigenvalue weighted by Gasteiger charge is 2.23. The summed E-state index contributed by atoms with van der Waals surface area (Å²) in [7, 11) is 1.43. The zero-order valence-corrected chi connectivity index (χ0v) is 21.6. The molecular formula is C20H38N6O9S. The van der Waals surface area contributed by atoms with Gasteiger partial charge in [-0.25, -0.2) is 5.26 Å². The molecule has 1 rings (SSSR count). The maximum Gasteiger partial charge on any atom is 0.317 e. The van der Waals surface area contributed by atoms with Crippen molar-refractivity contribution in [3.63, 3.8) is 0 Å². The van der Waals surface area contributed by atoms with E-state index in [1.807, 2.05) is 11.8 Å². The summed E-state index contributed by atoms with van der Waals surface area (Å²) < 4.78 is 4.30. The third-order valence-corrected chi connectivity index (χ3v) is 6.30. The average Bonchev–Trinajstić information content (AvgIpc) is 2.82. The second-order valence-corrected chi connectivity index (χ2v) is 8.92. The quantitative estimate of drug-likeness (QED) is 0.0729. The Kier molecular flexibility index (Phi) is 16.2. The third-order valence-electron chi connectivity index (χ3n) is 5.67. The van der Waals surface area contributed by atoms with Crippen molar-refractivity contribution in [3.8, 4) is 0 Å². The van der Waals surface area contributed by atoms with E-state index in [4.69, 9.17) is 5.26 Å². The Hall–Kier alpha value is -2.05. The van der Waals surface area contributed by atoms with Crippen LogP contribution in [0.1, 0.15) is 6.92 Å². The van der Waals surface area contributed by atoms with E-state index in [2.05, 4.69) is 24.9 Å². The topological polar surface area (TPSA) is 184 Å². The highest BCUT2D eigenvalue weighted by Crippen LogP contribution is 2.06. The molecule has 1 atom stereocenters. The number of carboxylic acids is 2. The number of nitrogens with one attached hydrogen (secondary N) is 2. The fraction of sp³-hybridized carbons (Fsp3) is 0.800. The lowest BCUT2D eigenvalue weighted by Crippen LogP contribution is -2.52. The number of carboxylic acid groups (broad SMARTS) is 2. The molecule has 0 aromatic carbocycles. The molecule has 1 aliphatic heterocycles. The zero-order valence-electron chi connectivity index (χ0n) is 20.8. The molecule has 0 spiro atoms. The van der Waals surface area contributed by atoms with E-state index in [1.165, 1.54) is 7.05 Å². The predicted octanol–water partition coefficient (Wildman–Crippen LogP) is -2.30. The number of nitrogens with zero attached hydrogens (tertiary/aromatic N) is 4. The highest BCUT2D eigenvalue weighted by atomic mass is 32.2. The van der Waals surface area contributed by atoms with Gasteiger partial charge in [-0.15, -0.1) is 4.33 Å². The Bertz CT molecular complexity index is 705. The van der Waals surface area contributed by atoms with Crippen LogP contribution in [0, 0.1) is 0 Å². The van der Waals surface area contributed by atoms with Gasteiger partial charge < -0.3 is 25.7 Å². The molecule has 0 radical (unpaired) electrons. The van der Waals surface area contributed by atoms with Crippen LogP contribution in [-0.2, 0) is 28.6 Å². The largest absolute Gasteiger partial charge is 0.480 e. The average molecular weight is 539 g/mol. The number of carbonyl (C=O) groups excluding carboxylic acids is 2. The lowest BCUT2D eigenvalue weighted by atomic mass is 10.3. The smallest absolute Gasteiger partial charge is 0.317 e. The number of rotatable bonds is 13. The Labute approximate surface area is 214 Å². The molecule has 0 bridgehead atoms. The Morgan fingerprint density at radius 1 is 0.833 bits per heavy atom. The highest BCUT2D eigenvalue weighted by molar-refractivity contribution is 7.94. The summed E-state index contributed by atoms with van der Waals surface area (Å²) in [5.74, 6) is -2.78. The Morgan fingerprint density at radius 3 is 1.67 bits per heavy atom. The standard InChI is InChI=1S/C20H38N6O9S/c1-3-23-4-6-24(12-17(27)22-16(20(32)21-2)15-36-35-34-33)8-9-26(14-19(30)31)11-10-25(7-5-23)13-18(28)29/h16,33H,3-15H2,1-2H3,(H,21,32)(H,22,27)(H,28,29)(H,30,31)/t16-/m1/s1. The summed E-state index contributed by atoms with van der Waals surface area (Å²) in [6, 6.07) is -0.925. The van der Waals surface area contributed by atoms with E-state index in [1.54, 1.807) is 9.80 Å². The van der Waals surface area contributed by atoms with Crippen molar-refractivity contribution in [2.24, 2.45) is 0 Å². The molecule has 1 aliphatic rings. The van der Waals surface area contributed by atoms with Crippen LogP contribution < -0.4 is 10.6 Å². The van der Waals surface area contributed by atoms with Gasteiger partial charge in [0, 0.05) is 71.4 Å². The van der Waals surface area contributed by atoms with Gasteiger partial charge in [-0.05, 0) is 6.54 Å². The maximum absolute atomic E-state index is 12.8. The van der Waals surface area contributed by atoms with Gasteiger partial charge >= 0.3 is 11.9 Å². The minimum absolute atomic E-state index is 0.00514. The molecule has 0 unspecified atom stereocenters. The van der Waals surface area contributed by atoms with Crippen molar-refractivity contribution < 1.29 is 44.0 Å². The second kappa shape index (κ2) is 18.2. The fourth-order valence-corrected chi connectivity index (χ4v) is 4.14. The van der Waals surface area contributed by atoms with E-state index in [0.29, 0.717) is 64.4 Å². The van der Waals surface area contributed by atoms with Gasteiger partial charge in [0.25, 0.3) is 0 Å². The van der Waals surface area contributed by atoms with Crippen molar-refractivity contribution in [2.75, 3.05) is 91.3 Å². The van der Waals surface area contributed by atoms with Gasteiger partial charge in [0.1, 0.15) is 6.04 Å². The fourth-order valence-electron chi connectivity index (χ4n) is 3.67.